The van der Waals surface area contributed by atoms with Crippen molar-refractivity contribution in [2.75, 3.05) is 26.2 Å². The molecular weight excluding hydrogens is 658 g/mol. The smallest absolute Gasteiger partial charge is 0.270 e. The van der Waals surface area contributed by atoms with Crippen LogP contribution in [0.1, 0.15) is 110 Å². The van der Waals surface area contributed by atoms with Gasteiger partial charge in [-0.05, 0) is 44.9 Å². The molecule has 18 nitrogen and oxygen atoms in total. The van der Waals surface area contributed by atoms with Gasteiger partial charge in [-0.2, -0.15) is 0 Å². The molecule has 0 aromatic carbocycles. The zero-order chi connectivity index (χ0) is 37.3. The first kappa shape index (κ1) is 44.2. The number of aliphatic hydroxyl groups is 1. The number of hydroxylamine groups is 6. The fourth-order valence-electron chi connectivity index (χ4n) is 5.43. The second kappa shape index (κ2) is 26.0. The molecule has 8 N–H and O–H groups in total. The molecular formula is C32H57N7O11. The summed E-state index contributed by atoms with van der Waals surface area (Å²) in [4.78, 5) is 84.7. The van der Waals surface area contributed by atoms with Crippen LogP contribution in [-0.2, 0) is 33.6 Å². The first-order valence-electron chi connectivity index (χ1n) is 17.6. The summed E-state index contributed by atoms with van der Waals surface area (Å²) in [5.74, 6) is -3.19. The molecule has 4 atom stereocenters. The Bertz CT molecular complexity index is 1070. The third kappa shape index (κ3) is 18.2. The first-order valence-corrected chi connectivity index (χ1v) is 17.6. The monoisotopic (exact) mass is 715 g/mol. The minimum atomic E-state index is -1.57. The van der Waals surface area contributed by atoms with Crippen molar-refractivity contribution in [2.45, 2.75) is 134 Å². The van der Waals surface area contributed by atoms with Crippen molar-refractivity contribution in [1.29, 1.82) is 0 Å². The normalized spacial score (nSPS) is 16.7. The molecule has 50 heavy (non-hydrogen) atoms. The SMILES string of the molecule is CCCCCCCCCCCC(=O)N[C@@H](CCCN(O)C=O)C(=O)N[C@@H](CO)C(=O)N(O)CCC[C@@H]1NC(=O)[C@H](CCCN(O)C=O)NC1=O. The van der Waals surface area contributed by atoms with Gasteiger partial charge in [-0.15, -0.1) is 0 Å². The Kier molecular flexibility index (Phi) is 23.0. The summed E-state index contributed by atoms with van der Waals surface area (Å²) in [6, 6.07) is -4.50. The zero-order valence-electron chi connectivity index (χ0n) is 29.1. The van der Waals surface area contributed by atoms with E-state index in [1.807, 2.05) is 0 Å². The Morgan fingerprint density at radius 1 is 0.720 bits per heavy atom. The van der Waals surface area contributed by atoms with Gasteiger partial charge in [0.2, 0.25) is 36.4 Å². The Morgan fingerprint density at radius 2 is 1.22 bits per heavy atom. The summed E-state index contributed by atoms with van der Waals surface area (Å²) < 4.78 is 0. The fourth-order valence-corrected chi connectivity index (χ4v) is 5.43. The molecule has 286 valence electrons. The summed E-state index contributed by atoms with van der Waals surface area (Å²) in [6.45, 7) is 0.863. The van der Waals surface area contributed by atoms with Crippen molar-refractivity contribution < 1.29 is 54.3 Å². The van der Waals surface area contributed by atoms with E-state index < -0.39 is 54.4 Å². The quantitative estimate of drug-likeness (QED) is 0.0223. The van der Waals surface area contributed by atoms with Gasteiger partial charge in [0.1, 0.15) is 24.2 Å². The fraction of sp³-hybridized carbons (Fsp3) is 0.781. The van der Waals surface area contributed by atoms with Crippen LogP contribution in [0.2, 0.25) is 0 Å². The maximum atomic E-state index is 13.1. The Hall–Kier alpha value is -3.87. The van der Waals surface area contributed by atoms with Crippen LogP contribution < -0.4 is 21.3 Å². The number of unbranched alkanes of at least 4 members (excludes halogenated alkanes) is 8. The van der Waals surface area contributed by atoms with Crippen molar-refractivity contribution in [3.8, 4) is 0 Å². The molecule has 1 aliphatic rings. The number of rotatable bonds is 29. The highest BCUT2D eigenvalue weighted by molar-refractivity contribution is 5.97. The summed E-state index contributed by atoms with van der Waals surface area (Å²) in [5.41, 5.74) is 0. The van der Waals surface area contributed by atoms with Crippen LogP contribution in [0.5, 0.6) is 0 Å². The van der Waals surface area contributed by atoms with E-state index in [2.05, 4.69) is 28.2 Å². The molecule has 0 bridgehead atoms. The Labute approximate surface area is 293 Å². The van der Waals surface area contributed by atoms with E-state index in [9.17, 15) is 49.1 Å². The molecule has 0 unspecified atom stereocenters. The topological polar surface area (TPSA) is 258 Å². The highest BCUT2D eigenvalue weighted by Crippen LogP contribution is 2.12. The third-order valence-electron chi connectivity index (χ3n) is 8.34. The largest absolute Gasteiger partial charge is 0.394 e. The van der Waals surface area contributed by atoms with Crippen LogP contribution in [0.15, 0.2) is 0 Å². The van der Waals surface area contributed by atoms with E-state index in [-0.39, 0.29) is 88.4 Å². The molecule has 0 aliphatic carbocycles. The summed E-state index contributed by atoms with van der Waals surface area (Å²) in [7, 11) is 0. The van der Waals surface area contributed by atoms with E-state index in [4.69, 9.17) is 5.21 Å². The van der Waals surface area contributed by atoms with Gasteiger partial charge in [0.05, 0.1) is 6.61 Å². The van der Waals surface area contributed by atoms with E-state index in [1.165, 1.54) is 25.7 Å². The Balaban J connectivity index is 2.60. The second-order valence-electron chi connectivity index (χ2n) is 12.5. The summed E-state index contributed by atoms with van der Waals surface area (Å²) >= 11 is 0. The van der Waals surface area contributed by atoms with Gasteiger partial charge >= 0.3 is 0 Å². The third-order valence-corrected chi connectivity index (χ3v) is 8.34. The van der Waals surface area contributed by atoms with Gasteiger partial charge in [0.15, 0.2) is 0 Å². The minimum absolute atomic E-state index is 0.00403. The number of hydrogen-bond acceptors (Lipinski definition) is 11. The number of nitrogens with one attached hydrogen (secondary N) is 4. The van der Waals surface area contributed by atoms with Crippen molar-refractivity contribution in [1.82, 2.24) is 36.5 Å². The molecule has 0 radical (unpaired) electrons. The molecule has 1 fully saturated rings. The van der Waals surface area contributed by atoms with Gasteiger partial charge < -0.3 is 26.4 Å². The van der Waals surface area contributed by atoms with Crippen LogP contribution in [0.4, 0.5) is 0 Å². The lowest BCUT2D eigenvalue weighted by Crippen LogP contribution is -2.61. The number of carbonyl (C=O) groups excluding carboxylic acids is 7. The number of nitrogens with zero attached hydrogens (tertiary/aromatic N) is 3. The summed E-state index contributed by atoms with van der Waals surface area (Å²) in [6.07, 6.45) is 10.9. The number of aliphatic hydroxyl groups excluding tert-OH is 1. The second-order valence-corrected chi connectivity index (χ2v) is 12.5. The average molecular weight is 716 g/mol. The van der Waals surface area contributed by atoms with Gasteiger partial charge in [0, 0.05) is 26.1 Å². The van der Waals surface area contributed by atoms with Gasteiger partial charge in [-0.25, -0.2) is 15.2 Å². The predicted octanol–water partition coefficient (Wildman–Crippen LogP) is 0.106. The lowest BCUT2D eigenvalue weighted by molar-refractivity contribution is -0.170. The number of carbonyl (C=O) groups is 7. The number of hydrogen-bond donors (Lipinski definition) is 8. The highest BCUT2D eigenvalue weighted by Gasteiger charge is 2.34. The van der Waals surface area contributed by atoms with Crippen LogP contribution in [0.25, 0.3) is 0 Å². The zero-order valence-corrected chi connectivity index (χ0v) is 29.1. The maximum absolute atomic E-state index is 13.1. The molecule has 1 saturated heterocycles. The van der Waals surface area contributed by atoms with Gasteiger partial charge in [-0.3, -0.25) is 49.2 Å². The maximum Gasteiger partial charge on any atom is 0.270 e. The molecule has 18 heteroatoms. The van der Waals surface area contributed by atoms with E-state index >= 15 is 0 Å². The van der Waals surface area contributed by atoms with E-state index in [0.717, 1.165) is 25.7 Å². The molecule has 1 rings (SSSR count). The van der Waals surface area contributed by atoms with Crippen LogP contribution in [0.3, 0.4) is 0 Å². The van der Waals surface area contributed by atoms with Crippen LogP contribution in [-0.4, -0.2) is 129 Å². The molecule has 0 spiro atoms. The van der Waals surface area contributed by atoms with Crippen molar-refractivity contribution in [3.05, 3.63) is 0 Å². The molecule has 0 saturated carbocycles. The van der Waals surface area contributed by atoms with Crippen LogP contribution >= 0.6 is 0 Å². The predicted molar refractivity (Wildman–Crippen MR) is 177 cm³/mol. The molecule has 0 aromatic heterocycles. The van der Waals surface area contributed by atoms with Crippen molar-refractivity contribution in [3.63, 3.8) is 0 Å². The number of piperazine rings is 1. The van der Waals surface area contributed by atoms with Crippen molar-refractivity contribution in [2.24, 2.45) is 0 Å². The molecule has 1 heterocycles. The van der Waals surface area contributed by atoms with E-state index in [0.29, 0.717) is 16.5 Å². The van der Waals surface area contributed by atoms with Gasteiger partial charge in [0.25, 0.3) is 5.91 Å². The summed E-state index contributed by atoms with van der Waals surface area (Å²) in [5, 5.41) is 50.0. The Morgan fingerprint density at radius 3 is 1.74 bits per heavy atom. The molecule has 1 aliphatic heterocycles. The van der Waals surface area contributed by atoms with Crippen molar-refractivity contribution >= 4 is 42.4 Å². The van der Waals surface area contributed by atoms with Crippen LogP contribution in [0, 0.1) is 0 Å². The molecule has 7 amide bonds. The lowest BCUT2D eigenvalue weighted by atomic mass is 10.0. The average Bonchev–Trinajstić information content (AvgIpc) is 3.10. The minimum Gasteiger partial charge on any atom is -0.394 e. The number of amides is 7. The first-order chi connectivity index (χ1) is 24.0. The molecule has 0 aromatic rings. The van der Waals surface area contributed by atoms with E-state index in [1.54, 1.807) is 0 Å². The highest BCUT2D eigenvalue weighted by atomic mass is 16.5. The van der Waals surface area contributed by atoms with Gasteiger partial charge in [-0.1, -0.05) is 58.3 Å². The standard InChI is InChI=1S/C32H57N7O11/c1-2-3-4-5-6-7-8-9-10-17-28(43)33-24(14-11-18-37(48)22-41)29(44)36-27(21-40)32(47)39(50)20-13-16-26-31(46)34-25(30(45)35-26)15-12-19-38(49)23-42/h22-27,40,48-50H,2-21H2,1H3,(H,33,43)(H,34,46)(H,35,45)(H,36,44)/t24-,25-,26-,27-/m0/s1. The lowest BCUT2D eigenvalue weighted by Gasteiger charge is -2.30.